The normalized spacial score (nSPS) is 16.5. The molecule has 0 spiro atoms. The van der Waals surface area contributed by atoms with Crippen LogP contribution in [0.1, 0.15) is 50.5 Å². The fourth-order valence-corrected chi connectivity index (χ4v) is 5.27. The van der Waals surface area contributed by atoms with E-state index in [0.29, 0.717) is 51.6 Å². The van der Waals surface area contributed by atoms with Gasteiger partial charge in [0, 0.05) is 29.6 Å². The fourth-order valence-electron chi connectivity index (χ4n) is 5.27. The SMILES string of the molecule is NCCCC[C@H](NC(=O)[C@@H](N)CCCCN)C(=O)N[C@@H](Cc1c[nH]c2ccccc12)C(=O)N[C@@H](CC1CN=CN1)C(=O)NCC=O. The first-order valence-corrected chi connectivity index (χ1v) is 15.8. The molecule has 1 aromatic heterocycles. The van der Waals surface area contributed by atoms with Gasteiger partial charge in [-0.3, -0.25) is 24.2 Å². The highest BCUT2D eigenvalue weighted by Gasteiger charge is 2.32. The molecule has 0 aliphatic carbocycles. The molecule has 252 valence electrons. The average molecular weight is 641 g/mol. The van der Waals surface area contributed by atoms with Gasteiger partial charge in [-0.2, -0.15) is 0 Å². The molecule has 5 atom stereocenters. The van der Waals surface area contributed by atoms with Crippen molar-refractivity contribution in [1.82, 2.24) is 31.6 Å². The maximum Gasteiger partial charge on any atom is 0.243 e. The first-order chi connectivity index (χ1) is 22.3. The molecule has 15 nitrogen and oxygen atoms in total. The number of aldehydes is 1. The number of para-hydroxylation sites is 1. The van der Waals surface area contributed by atoms with Crippen LogP contribution in [0.25, 0.3) is 10.9 Å². The maximum atomic E-state index is 13.9. The Morgan fingerprint density at radius 3 is 2.26 bits per heavy atom. The summed E-state index contributed by atoms with van der Waals surface area (Å²) < 4.78 is 0. The largest absolute Gasteiger partial charge is 0.372 e. The molecule has 0 saturated heterocycles. The van der Waals surface area contributed by atoms with E-state index in [1.807, 2.05) is 24.3 Å². The summed E-state index contributed by atoms with van der Waals surface area (Å²) in [6.45, 7) is 1.11. The van der Waals surface area contributed by atoms with Crippen LogP contribution in [0.3, 0.4) is 0 Å². The molecular formula is C31H48N10O5. The van der Waals surface area contributed by atoms with Crippen molar-refractivity contribution in [2.75, 3.05) is 26.2 Å². The van der Waals surface area contributed by atoms with Gasteiger partial charge in [0.1, 0.15) is 24.4 Å². The Kier molecular flexibility index (Phi) is 15.1. The zero-order chi connectivity index (χ0) is 33.3. The molecule has 0 radical (unpaired) electrons. The van der Waals surface area contributed by atoms with E-state index in [1.165, 1.54) is 6.34 Å². The first-order valence-electron chi connectivity index (χ1n) is 15.8. The van der Waals surface area contributed by atoms with Gasteiger partial charge in [-0.1, -0.05) is 24.6 Å². The molecular weight excluding hydrogens is 592 g/mol. The van der Waals surface area contributed by atoms with Gasteiger partial charge < -0.3 is 53.6 Å². The number of nitrogens with two attached hydrogens (primary N) is 3. The van der Waals surface area contributed by atoms with Crippen LogP contribution >= 0.6 is 0 Å². The number of aliphatic imine (C=N–C) groups is 1. The minimum atomic E-state index is -1.12. The molecule has 1 aliphatic heterocycles. The second kappa shape index (κ2) is 19.2. The van der Waals surface area contributed by atoms with E-state index in [-0.39, 0.29) is 31.8 Å². The molecule has 0 bridgehead atoms. The minimum absolute atomic E-state index is 0.0944. The van der Waals surface area contributed by atoms with Crippen LogP contribution in [-0.2, 0) is 30.4 Å². The van der Waals surface area contributed by atoms with Crippen molar-refractivity contribution in [3.8, 4) is 0 Å². The molecule has 15 heteroatoms. The van der Waals surface area contributed by atoms with Crippen molar-refractivity contribution >= 4 is 47.2 Å². The number of carbonyl (C=O) groups is 5. The van der Waals surface area contributed by atoms with E-state index >= 15 is 0 Å². The summed E-state index contributed by atoms with van der Waals surface area (Å²) in [5.41, 5.74) is 18.9. The van der Waals surface area contributed by atoms with Crippen molar-refractivity contribution < 1.29 is 24.0 Å². The lowest BCUT2D eigenvalue weighted by atomic mass is 10.0. The quantitative estimate of drug-likeness (QED) is 0.0565. The monoisotopic (exact) mass is 640 g/mol. The van der Waals surface area contributed by atoms with Gasteiger partial charge in [-0.25, -0.2) is 0 Å². The van der Waals surface area contributed by atoms with Crippen molar-refractivity contribution in [1.29, 1.82) is 0 Å². The molecule has 1 aliphatic rings. The zero-order valence-corrected chi connectivity index (χ0v) is 26.1. The standard InChI is InChI=1S/C31H48N10O5/c32-11-5-3-8-23(34)28(43)39-25(10-4-6-12-33)30(45)40-26(15-20-17-37-24-9-2-1-7-22(20)24)31(46)41-27(29(44)36-13-14-42)16-21-18-35-19-38-21/h1-2,7,9,14,17,19,21,23,25-27,37H,3-6,8,10-13,15-16,18,32-34H2,(H,35,38)(H,36,44)(H,39,43)(H,40,45)(H,41,46)/t21?,23-,25-,26-,27-/m0/s1. The van der Waals surface area contributed by atoms with E-state index in [2.05, 4.69) is 36.6 Å². The van der Waals surface area contributed by atoms with Crippen LogP contribution in [0.4, 0.5) is 0 Å². The number of hydrogen-bond acceptors (Lipinski definition) is 10. The third kappa shape index (κ3) is 11.2. The Bertz CT molecular complexity index is 1320. The van der Waals surface area contributed by atoms with E-state index < -0.39 is 47.8 Å². The number of carbonyl (C=O) groups excluding carboxylic acids is 5. The second-order valence-corrected chi connectivity index (χ2v) is 11.4. The van der Waals surface area contributed by atoms with E-state index in [4.69, 9.17) is 17.2 Å². The van der Waals surface area contributed by atoms with E-state index in [9.17, 15) is 24.0 Å². The molecule has 12 N–H and O–H groups in total. The van der Waals surface area contributed by atoms with E-state index in [1.54, 1.807) is 6.20 Å². The lowest BCUT2D eigenvalue weighted by Crippen LogP contribution is -2.59. The van der Waals surface area contributed by atoms with Gasteiger partial charge in [0.05, 0.1) is 25.5 Å². The number of aromatic nitrogens is 1. The number of fused-ring (bicyclic) bond motifs is 1. The van der Waals surface area contributed by atoms with Crippen LogP contribution in [0.15, 0.2) is 35.5 Å². The maximum absolute atomic E-state index is 13.9. The number of hydrogen-bond donors (Lipinski definition) is 9. The van der Waals surface area contributed by atoms with Crippen LogP contribution in [-0.4, -0.2) is 97.6 Å². The van der Waals surface area contributed by atoms with Gasteiger partial charge in [-0.15, -0.1) is 0 Å². The molecule has 1 unspecified atom stereocenters. The number of unbranched alkanes of at least 4 members (excludes halogenated alkanes) is 2. The molecule has 1 aromatic carbocycles. The van der Waals surface area contributed by atoms with Gasteiger partial charge in [-0.05, 0) is 63.2 Å². The van der Waals surface area contributed by atoms with Crippen molar-refractivity contribution in [3.05, 3.63) is 36.0 Å². The molecule has 2 heterocycles. The highest BCUT2D eigenvalue weighted by Crippen LogP contribution is 2.19. The summed E-state index contributed by atoms with van der Waals surface area (Å²) in [5.74, 6) is -2.18. The summed E-state index contributed by atoms with van der Waals surface area (Å²) >= 11 is 0. The third-order valence-corrected chi connectivity index (χ3v) is 7.86. The number of nitrogens with one attached hydrogen (secondary N) is 6. The number of amides is 4. The Morgan fingerprint density at radius 1 is 0.891 bits per heavy atom. The van der Waals surface area contributed by atoms with Crippen molar-refractivity contribution in [3.63, 3.8) is 0 Å². The molecule has 46 heavy (non-hydrogen) atoms. The number of aromatic amines is 1. The number of benzene rings is 1. The van der Waals surface area contributed by atoms with Gasteiger partial charge in [0.2, 0.25) is 23.6 Å². The predicted molar refractivity (Wildman–Crippen MR) is 176 cm³/mol. The van der Waals surface area contributed by atoms with Crippen LogP contribution < -0.4 is 43.8 Å². The summed E-state index contributed by atoms with van der Waals surface area (Å²) in [4.78, 5) is 71.8. The highest BCUT2D eigenvalue weighted by atomic mass is 16.2. The lowest BCUT2D eigenvalue weighted by Gasteiger charge is -2.27. The van der Waals surface area contributed by atoms with Crippen molar-refractivity contribution in [2.45, 2.75) is 81.6 Å². The van der Waals surface area contributed by atoms with Gasteiger partial charge >= 0.3 is 0 Å². The molecule has 2 aromatic rings. The Hall–Kier alpha value is -4.34. The number of H-pyrrole nitrogens is 1. The molecule has 0 saturated carbocycles. The highest BCUT2D eigenvalue weighted by molar-refractivity contribution is 5.95. The zero-order valence-electron chi connectivity index (χ0n) is 26.1. The number of rotatable bonds is 21. The second-order valence-electron chi connectivity index (χ2n) is 11.4. The van der Waals surface area contributed by atoms with Gasteiger partial charge in [0.15, 0.2) is 0 Å². The number of nitrogens with zero attached hydrogens (tertiary/aromatic N) is 1. The Balaban J connectivity index is 1.84. The summed E-state index contributed by atoms with van der Waals surface area (Å²) in [6.07, 6.45) is 7.45. The Morgan fingerprint density at radius 2 is 1.57 bits per heavy atom. The minimum Gasteiger partial charge on any atom is -0.372 e. The molecule has 0 fully saturated rings. The fraction of sp³-hybridized carbons (Fsp3) is 0.548. The Labute approximate surface area is 268 Å². The lowest BCUT2D eigenvalue weighted by molar-refractivity contribution is -0.134. The predicted octanol–water partition coefficient (Wildman–Crippen LogP) is -1.54. The summed E-state index contributed by atoms with van der Waals surface area (Å²) in [5, 5.41) is 14.8. The van der Waals surface area contributed by atoms with Crippen LogP contribution in [0, 0.1) is 0 Å². The summed E-state index contributed by atoms with van der Waals surface area (Å²) in [7, 11) is 0. The first kappa shape index (κ1) is 36.1. The van der Waals surface area contributed by atoms with Crippen LogP contribution in [0.5, 0.6) is 0 Å². The average Bonchev–Trinajstić information content (AvgIpc) is 3.72. The topological polar surface area (TPSA) is 252 Å². The van der Waals surface area contributed by atoms with Crippen LogP contribution in [0.2, 0.25) is 0 Å². The third-order valence-electron chi connectivity index (χ3n) is 7.86. The smallest absolute Gasteiger partial charge is 0.243 e. The molecule has 4 amide bonds. The van der Waals surface area contributed by atoms with Crippen molar-refractivity contribution in [2.24, 2.45) is 22.2 Å². The summed E-state index contributed by atoms with van der Waals surface area (Å²) in [6, 6.07) is 3.44. The molecule has 3 rings (SSSR count). The van der Waals surface area contributed by atoms with Gasteiger partial charge in [0.25, 0.3) is 0 Å². The van der Waals surface area contributed by atoms with E-state index in [0.717, 1.165) is 22.9 Å².